The number of rotatable bonds is 3. The Morgan fingerprint density at radius 3 is 3.11 bits per heavy atom. The second-order valence-corrected chi connectivity index (χ2v) is 5.86. The number of carbonyl (C=O) groups is 1. The van der Waals surface area contributed by atoms with Crippen LogP contribution in [-0.2, 0) is 4.79 Å². The number of carboxylic acid groups (broad SMARTS) is 1. The first-order valence-electron chi connectivity index (χ1n) is 6.33. The Kier molecular flexibility index (Phi) is 2.89. The Bertz CT molecular complexity index is 627. The summed E-state index contributed by atoms with van der Waals surface area (Å²) >= 11 is 1.60. The number of anilines is 1. The Morgan fingerprint density at radius 2 is 2.42 bits per heavy atom. The van der Waals surface area contributed by atoms with E-state index in [1.807, 2.05) is 18.4 Å². The van der Waals surface area contributed by atoms with Gasteiger partial charge >= 0.3 is 5.97 Å². The van der Waals surface area contributed by atoms with Crippen LogP contribution in [0.15, 0.2) is 17.8 Å². The van der Waals surface area contributed by atoms with E-state index >= 15 is 0 Å². The third kappa shape index (κ3) is 1.87. The molecule has 0 saturated carbocycles. The smallest absolute Gasteiger partial charge is 0.311 e. The molecule has 100 valence electrons. The molecule has 1 N–H and O–H groups in total. The van der Waals surface area contributed by atoms with Crippen LogP contribution in [0.3, 0.4) is 0 Å². The molecule has 2 aromatic heterocycles. The van der Waals surface area contributed by atoms with Crippen LogP contribution < -0.4 is 4.90 Å². The predicted octanol–water partition coefficient (Wildman–Crippen LogP) is 2.38. The molecule has 1 aliphatic heterocycles. The van der Waals surface area contributed by atoms with Crippen molar-refractivity contribution in [3.05, 3.63) is 17.8 Å². The molecule has 0 amide bonds. The van der Waals surface area contributed by atoms with Gasteiger partial charge in [0.05, 0.1) is 15.6 Å². The van der Waals surface area contributed by atoms with Gasteiger partial charge in [-0.25, -0.2) is 9.97 Å². The highest BCUT2D eigenvalue weighted by atomic mass is 32.1. The highest BCUT2D eigenvalue weighted by molar-refractivity contribution is 7.17. The van der Waals surface area contributed by atoms with Gasteiger partial charge in [-0.05, 0) is 24.3 Å². The summed E-state index contributed by atoms with van der Waals surface area (Å²) in [5.74, 6) is 0.172. The first-order valence-corrected chi connectivity index (χ1v) is 7.21. The fourth-order valence-corrected chi connectivity index (χ4v) is 3.53. The van der Waals surface area contributed by atoms with Gasteiger partial charge in [-0.2, -0.15) is 0 Å². The summed E-state index contributed by atoms with van der Waals surface area (Å²) in [5.41, 5.74) is 0.300. The number of aromatic nitrogens is 2. The number of nitrogens with zero attached hydrogens (tertiary/aromatic N) is 3. The molecule has 1 atom stereocenters. The lowest BCUT2D eigenvalue weighted by Gasteiger charge is -2.23. The molecule has 3 rings (SSSR count). The van der Waals surface area contributed by atoms with Gasteiger partial charge in [0.1, 0.15) is 12.1 Å². The summed E-state index contributed by atoms with van der Waals surface area (Å²) in [6.07, 6.45) is 2.88. The van der Waals surface area contributed by atoms with E-state index in [1.54, 1.807) is 17.7 Å². The summed E-state index contributed by atoms with van der Waals surface area (Å²) in [6.45, 7) is 3.21. The molecular formula is C13H15N3O2S. The van der Waals surface area contributed by atoms with Crippen LogP contribution in [0.5, 0.6) is 0 Å². The Labute approximate surface area is 114 Å². The molecule has 3 heterocycles. The number of aliphatic carboxylic acids is 1. The largest absolute Gasteiger partial charge is 0.481 e. The fraction of sp³-hybridized carbons (Fsp3) is 0.462. The number of hydrogen-bond donors (Lipinski definition) is 1. The Morgan fingerprint density at radius 1 is 1.58 bits per heavy atom. The summed E-state index contributed by atoms with van der Waals surface area (Å²) in [6, 6.07) is 1.96. The standard InChI is InChI=1S/C13H15N3O2S/c1-2-13(12(17)18)4-5-16(7-13)11-10-9(3-6-19-10)14-8-15-11/h3,6,8H,2,4-5,7H2,1H3,(H,17,18). The van der Waals surface area contributed by atoms with Gasteiger partial charge in [0.2, 0.25) is 0 Å². The van der Waals surface area contributed by atoms with Crippen molar-refractivity contribution in [2.24, 2.45) is 5.41 Å². The maximum Gasteiger partial charge on any atom is 0.311 e. The van der Waals surface area contributed by atoms with Crippen molar-refractivity contribution in [2.45, 2.75) is 19.8 Å². The molecule has 1 saturated heterocycles. The van der Waals surface area contributed by atoms with Crippen molar-refractivity contribution in [3.8, 4) is 0 Å². The SMILES string of the molecule is CCC1(C(=O)O)CCN(c2ncnc3ccsc23)C1. The van der Waals surface area contributed by atoms with Crippen LogP contribution >= 0.6 is 11.3 Å². The normalized spacial score (nSPS) is 23.1. The zero-order chi connectivity index (χ0) is 13.5. The molecule has 0 radical (unpaired) electrons. The topological polar surface area (TPSA) is 66.3 Å². The van der Waals surface area contributed by atoms with Crippen molar-refractivity contribution >= 4 is 33.3 Å². The van der Waals surface area contributed by atoms with E-state index in [9.17, 15) is 9.90 Å². The van der Waals surface area contributed by atoms with Crippen molar-refractivity contribution < 1.29 is 9.90 Å². The molecule has 0 aromatic carbocycles. The van der Waals surface area contributed by atoms with E-state index in [-0.39, 0.29) is 0 Å². The number of fused-ring (bicyclic) bond motifs is 1. The molecule has 5 nitrogen and oxygen atoms in total. The van der Waals surface area contributed by atoms with Crippen LogP contribution in [0.4, 0.5) is 5.82 Å². The van der Waals surface area contributed by atoms with Crippen LogP contribution in [0.2, 0.25) is 0 Å². The molecule has 1 aliphatic rings. The first-order chi connectivity index (χ1) is 9.16. The van der Waals surface area contributed by atoms with Gasteiger partial charge in [0, 0.05) is 13.1 Å². The summed E-state index contributed by atoms with van der Waals surface area (Å²) in [4.78, 5) is 22.1. The molecule has 1 fully saturated rings. The summed E-state index contributed by atoms with van der Waals surface area (Å²) in [7, 11) is 0. The maximum atomic E-state index is 11.5. The van der Waals surface area contributed by atoms with Gasteiger partial charge in [-0.1, -0.05) is 6.92 Å². The predicted molar refractivity (Wildman–Crippen MR) is 74.6 cm³/mol. The number of thiophene rings is 1. The molecule has 1 unspecified atom stereocenters. The molecule has 0 spiro atoms. The first kappa shape index (κ1) is 12.3. The number of carboxylic acids is 1. The minimum absolute atomic E-state index is 0.531. The second kappa shape index (κ2) is 4.45. The zero-order valence-electron chi connectivity index (χ0n) is 10.7. The van der Waals surface area contributed by atoms with Crippen LogP contribution in [0.25, 0.3) is 10.2 Å². The number of hydrogen-bond acceptors (Lipinski definition) is 5. The minimum Gasteiger partial charge on any atom is -0.481 e. The average molecular weight is 277 g/mol. The Balaban J connectivity index is 1.97. The van der Waals surface area contributed by atoms with E-state index in [4.69, 9.17) is 0 Å². The van der Waals surface area contributed by atoms with Gasteiger partial charge in [0.25, 0.3) is 0 Å². The quantitative estimate of drug-likeness (QED) is 0.933. The lowest BCUT2D eigenvalue weighted by atomic mass is 9.84. The van der Waals surface area contributed by atoms with Gasteiger partial charge in [0.15, 0.2) is 0 Å². The zero-order valence-corrected chi connectivity index (χ0v) is 11.5. The molecule has 19 heavy (non-hydrogen) atoms. The van der Waals surface area contributed by atoms with Crippen LogP contribution in [0, 0.1) is 5.41 Å². The summed E-state index contributed by atoms with van der Waals surface area (Å²) in [5, 5.41) is 11.4. The highest BCUT2D eigenvalue weighted by Gasteiger charge is 2.44. The minimum atomic E-state index is -0.700. The van der Waals surface area contributed by atoms with Crippen molar-refractivity contribution in [3.63, 3.8) is 0 Å². The van der Waals surface area contributed by atoms with Crippen LogP contribution in [-0.4, -0.2) is 34.1 Å². The van der Waals surface area contributed by atoms with Crippen molar-refractivity contribution in [1.82, 2.24) is 9.97 Å². The monoisotopic (exact) mass is 277 g/mol. The highest BCUT2D eigenvalue weighted by Crippen LogP contribution is 2.38. The van der Waals surface area contributed by atoms with Gasteiger partial charge in [-0.15, -0.1) is 11.3 Å². The molecule has 6 heteroatoms. The van der Waals surface area contributed by atoms with E-state index < -0.39 is 11.4 Å². The third-order valence-corrected chi connectivity index (χ3v) is 4.91. The molecular weight excluding hydrogens is 262 g/mol. The third-order valence-electron chi connectivity index (χ3n) is 4.01. The van der Waals surface area contributed by atoms with E-state index in [2.05, 4.69) is 14.9 Å². The van der Waals surface area contributed by atoms with Crippen molar-refractivity contribution in [2.75, 3.05) is 18.0 Å². The average Bonchev–Trinajstić information content (AvgIpc) is 3.05. The fourth-order valence-electron chi connectivity index (χ4n) is 2.67. The van der Waals surface area contributed by atoms with E-state index in [1.165, 1.54) is 0 Å². The van der Waals surface area contributed by atoms with E-state index in [0.29, 0.717) is 19.4 Å². The Hall–Kier alpha value is -1.69. The van der Waals surface area contributed by atoms with Crippen LogP contribution in [0.1, 0.15) is 19.8 Å². The maximum absolute atomic E-state index is 11.5. The summed E-state index contributed by atoms with van der Waals surface area (Å²) < 4.78 is 1.04. The molecule has 0 aliphatic carbocycles. The van der Waals surface area contributed by atoms with Gasteiger partial charge < -0.3 is 10.0 Å². The lowest BCUT2D eigenvalue weighted by molar-refractivity contribution is -0.147. The lowest BCUT2D eigenvalue weighted by Crippen LogP contribution is -2.34. The molecule has 0 bridgehead atoms. The van der Waals surface area contributed by atoms with Gasteiger partial charge in [-0.3, -0.25) is 4.79 Å². The second-order valence-electron chi connectivity index (χ2n) is 4.94. The van der Waals surface area contributed by atoms with Crippen molar-refractivity contribution in [1.29, 1.82) is 0 Å². The molecule has 2 aromatic rings. The van der Waals surface area contributed by atoms with E-state index in [0.717, 1.165) is 22.6 Å².